The first-order valence-electron chi connectivity index (χ1n) is 8.00. The molecule has 138 valence electrons. The Morgan fingerprint density at radius 1 is 0.962 bits per heavy atom. The van der Waals surface area contributed by atoms with Crippen molar-refractivity contribution in [1.29, 1.82) is 0 Å². The van der Waals surface area contributed by atoms with Crippen LogP contribution in [0.15, 0.2) is 52.2 Å². The summed E-state index contributed by atoms with van der Waals surface area (Å²) in [4.78, 5) is 1.13. The van der Waals surface area contributed by atoms with E-state index in [4.69, 9.17) is 16.0 Å². The van der Waals surface area contributed by atoms with E-state index in [2.05, 4.69) is 0 Å². The number of furan rings is 1. The fourth-order valence-corrected chi connectivity index (χ4v) is 3.30. The zero-order valence-electron chi connectivity index (χ0n) is 15.2. The lowest BCUT2D eigenvalue weighted by molar-refractivity contribution is -0.613. The second-order valence-electron chi connectivity index (χ2n) is 5.78. The summed E-state index contributed by atoms with van der Waals surface area (Å²) < 4.78 is 6.96. The molecule has 0 fully saturated rings. The van der Waals surface area contributed by atoms with Gasteiger partial charge in [0.15, 0.2) is 23.8 Å². The molecule has 0 N–H and O–H groups in total. The van der Waals surface area contributed by atoms with Gasteiger partial charge in [0, 0.05) is 42.0 Å². The average molecular weight is 393 g/mol. The van der Waals surface area contributed by atoms with E-state index in [1.54, 1.807) is 37.2 Å². The SMILES string of the molecule is Cc1c(Cl)cc[n+]([O-])c1C.Cc1c(SCc2ccco2)cc[n+]([O-])c1C. The summed E-state index contributed by atoms with van der Waals surface area (Å²) in [5.74, 6) is 1.73. The van der Waals surface area contributed by atoms with Gasteiger partial charge in [0.2, 0.25) is 0 Å². The molecular formula is C19H21ClN2O3S. The summed E-state index contributed by atoms with van der Waals surface area (Å²) >= 11 is 7.42. The summed E-state index contributed by atoms with van der Waals surface area (Å²) in [5, 5.41) is 22.8. The van der Waals surface area contributed by atoms with Crippen LogP contribution in [0.25, 0.3) is 0 Å². The van der Waals surface area contributed by atoms with Gasteiger partial charge in [-0.1, -0.05) is 11.6 Å². The molecule has 3 heterocycles. The summed E-state index contributed by atoms with van der Waals surface area (Å²) in [6.45, 7) is 7.37. The summed E-state index contributed by atoms with van der Waals surface area (Å²) in [6.07, 6.45) is 4.63. The van der Waals surface area contributed by atoms with Crippen LogP contribution in [0.5, 0.6) is 0 Å². The topological polar surface area (TPSA) is 67.0 Å². The highest BCUT2D eigenvalue weighted by atomic mass is 35.5. The summed E-state index contributed by atoms with van der Waals surface area (Å²) in [6, 6.07) is 7.27. The number of nitrogens with zero attached hydrogens (tertiary/aromatic N) is 2. The molecule has 0 aliphatic heterocycles. The molecule has 0 atom stereocenters. The second-order valence-corrected chi connectivity index (χ2v) is 7.21. The average Bonchev–Trinajstić information content (AvgIpc) is 3.15. The van der Waals surface area contributed by atoms with Crippen molar-refractivity contribution in [2.45, 2.75) is 38.3 Å². The van der Waals surface area contributed by atoms with E-state index in [1.165, 1.54) is 6.20 Å². The molecule has 26 heavy (non-hydrogen) atoms. The van der Waals surface area contributed by atoms with Gasteiger partial charge in [-0.2, -0.15) is 9.46 Å². The number of hydrogen-bond donors (Lipinski definition) is 0. The number of rotatable bonds is 3. The van der Waals surface area contributed by atoms with E-state index < -0.39 is 0 Å². The van der Waals surface area contributed by atoms with Gasteiger partial charge in [0.25, 0.3) is 0 Å². The number of thioether (sulfide) groups is 1. The predicted octanol–water partition coefficient (Wildman–Crippen LogP) is 4.41. The predicted molar refractivity (Wildman–Crippen MR) is 103 cm³/mol. The minimum absolute atomic E-state index is 0.643. The zero-order chi connectivity index (χ0) is 19.3. The van der Waals surface area contributed by atoms with Crippen LogP contribution in [-0.2, 0) is 5.75 Å². The maximum atomic E-state index is 11.3. The summed E-state index contributed by atoms with van der Waals surface area (Å²) in [5.41, 5.74) is 3.30. The van der Waals surface area contributed by atoms with E-state index in [0.29, 0.717) is 10.7 Å². The number of pyridine rings is 2. The molecule has 5 nitrogen and oxygen atoms in total. The van der Waals surface area contributed by atoms with Gasteiger partial charge in [-0.05, 0) is 26.0 Å². The van der Waals surface area contributed by atoms with Crippen molar-refractivity contribution in [3.8, 4) is 0 Å². The molecule has 0 saturated carbocycles. The number of aromatic nitrogens is 2. The first-order chi connectivity index (χ1) is 12.3. The largest absolute Gasteiger partial charge is 0.619 e. The molecule has 0 aromatic carbocycles. The molecule has 3 aromatic heterocycles. The molecule has 3 rings (SSSR count). The minimum Gasteiger partial charge on any atom is -0.619 e. The van der Waals surface area contributed by atoms with Gasteiger partial charge in [-0.3, -0.25) is 0 Å². The lowest BCUT2D eigenvalue weighted by atomic mass is 10.2. The van der Waals surface area contributed by atoms with E-state index >= 15 is 0 Å². The fourth-order valence-electron chi connectivity index (χ4n) is 2.12. The van der Waals surface area contributed by atoms with E-state index in [1.807, 2.05) is 39.0 Å². The van der Waals surface area contributed by atoms with Crippen LogP contribution in [0.1, 0.15) is 28.3 Å². The molecule has 0 aliphatic rings. The van der Waals surface area contributed by atoms with Gasteiger partial charge in [0.1, 0.15) is 5.76 Å². The highest BCUT2D eigenvalue weighted by Crippen LogP contribution is 2.26. The van der Waals surface area contributed by atoms with Gasteiger partial charge < -0.3 is 14.8 Å². The molecule has 0 spiro atoms. The maximum Gasteiger partial charge on any atom is 0.194 e. The molecule has 7 heteroatoms. The van der Waals surface area contributed by atoms with Crippen LogP contribution < -0.4 is 9.46 Å². The lowest BCUT2D eigenvalue weighted by Gasteiger charge is -2.07. The Kier molecular flexibility index (Phi) is 6.94. The van der Waals surface area contributed by atoms with Gasteiger partial charge in [0.05, 0.1) is 17.0 Å². The minimum atomic E-state index is 0.643. The van der Waals surface area contributed by atoms with Crippen LogP contribution >= 0.6 is 23.4 Å². The first kappa shape index (κ1) is 20.1. The Balaban J connectivity index is 0.000000209. The second kappa shape index (κ2) is 8.96. The van der Waals surface area contributed by atoms with Gasteiger partial charge in [-0.25, -0.2) is 0 Å². The normalized spacial score (nSPS) is 10.3. The molecule has 0 bridgehead atoms. The van der Waals surface area contributed by atoms with Crippen molar-refractivity contribution in [3.63, 3.8) is 0 Å². The number of hydrogen-bond acceptors (Lipinski definition) is 4. The Labute approximate surface area is 162 Å². The van der Waals surface area contributed by atoms with Crippen LogP contribution in [0.4, 0.5) is 0 Å². The molecule has 0 saturated heterocycles. The Morgan fingerprint density at radius 2 is 1.58 bits per heavy atom. The van der Waals surface area contributed by atoms with Crippen molar-refractivity contribution < 1.29 is 13.9 Å². The lowest BCUT2D eigenvalue weighted by Crippen LogP contribution is -2.30. The van der Waals surface area contributed by atoms with Gasteiger partial charge >= 0.3 is 0 Å². The maximum absolute atomic E-state index is 11.3. The van der Waals surface area contributed by atoms with Crippen LogP contribution in [0.3, 0.4) is 0 Å². The Hall–Kier alpha value is -2.18. The van der Waals surface area contributed by atoms with E-state index in [9.17, 15) is 10.4 Å². The smallest absolute Gasteiger partial charge is 0.194 e. The Morgan fingerprint density at radius 3 is 2.15 bits per heavy atom. The van der Waals surface area contributed by atoms with Gasteiger partial charge in [-0.15, -0.1) is 11.8 Å². The molecule has 3 aromatic rings. The fraction of sp³-hybridized carbons (Fsp3) is 0.263. The third-order valence-electron chi connectivity index (χ3n) is 4.14. The van der Waals surface area contributed by atoms with E-state index in [-0.39, 0.29) is 0 Å². The molecule has 0 amide bonds. The zero-order valence-corrected chi connectivity index (χ0v) is 16.7. The highest BCUT2D eigenvalue weighted by Gasteiger charge is 2.10. The molecule has 0 unspecified atom stereocenters. The number of halogens is 1. The van der Waals surface area contributed by atoms with E-state index in [0.717, 1.165) is 42.7 Å². The third-order valence-corrected chi connectivity index (χ3v) is 5.73. The van der Waals surface area contributed by atoms with Crippen molar-refractivity contribution >= 4 is 23.4 Å². The molecular weight excluding hydrogens is 372 g/mol. The first-order valence-corrected chi connectivity index (χ1v) is 9.37. The van der Waals surface area contributed by atoms with Crippen molar-refractivity contribution in [2.75, 3.05) is 0 Å². The summed E-state index contributed by atoms with van der Waals surface area (Å²) in [7, 11) is 0. The molecule has 0 aliphatic carbocycles. The standard InChI is InChI=1S/C12H13NO2S.C7H8ClNO/c1-9-10(2)13(14)6-5-12(9)16-8-11-4-3-7-15-11;1-5-6(2)9(10)4-3-7(5)8/h3-7H,8H2,1-2H3;3-4H,1-2H3. The van der Waals surface area contributed by atoms with Crippen LogP contribution in [0.2, 0.25) is 5.02 Å². The highest BCUT2D eigenvalue weighted by molar-refractivity contribution is 7.98. The molecule has 0 radical (unpaired) electrons. The monoisotopic (exact) mass is 392 g/mol. The van der Waals surface area contributed by atoms with Crippen molar-refractivity contribution in [3.05, 3.63) is 86.6 Å². The van der Waals surface area contributed by atoms with Crippen molar-refractivity contribution in [2.24, 2.45) is 0 Å². The van der Waals surface area contributed by atoms with Crippen LogP contribution in [-0.4, -0.2) is 0 Å². The van der Waals surface area contributed by atoms with Crippen LogP contribution in [0, 0.1) is 38.1 Å². The quantitative estimate of drug-likeness (QED) is 0.376. The van der Waals surface area contributed by atoms with Crippen molar-refractivity contribution in [1.82, 2.24) is 0 Å². The Bertz CT molecular complexity index is 856. The third kappa shape index (κ3) is 4.93.